The zero-order valence-corrected chi connectivity index (χ0v) is 9.47. The standard InChI is InChI=1S/C11H17N3O/c1-4-15-11-5-10(12-7-13-11)14-6-8(2)9(14)3/h5,7-9H,4,6H2,1-3H3/t8-,9+/m0/s1. The smallest absolute Gasteiger partial charge is 0.218 e. The van der Waals surface area contributed by atoms with Gasteiger partial charge in [0.05, 0.1) is 6.61 Å². The van der Waals surface area contributed by atoms with E-state index in [1.807, 2.05) is 13.0 Å². The summed E-state index contributed by atoms with van der Waals surface area (Å²) in [6.07, 6.45) is 1.57. The summed E-state index contributed by atoms with van der Waals surface area (Å²) in [7, 11) is 0. The second kappa shape index (κ2) is 4.04. The second-order valence-electron chi connectivity index (χ2n) is 4.02. The summed E-state index contributed by atoms with van der Waals surface area (Å²) in [4.78, 5) is 10.6. The Morgan fingerprint density at radius 3 is 2.87 bits per heavy atom. The van der Waals surface area contributed by atoms with Gasteiger partial charge in [-0.05, 0) is 19.8 Å². The van der Waals surface area contributed by atoms with E-state index >= 15 is 0 Å². The molecule has 0 saturated carbocycles. The summed E-state index contributed by atoms with van der Waals surface area (Å²) < 4.78 is 5.35. The van der Waals surface area contributed by atoms with Gasteiger partial charge in [0.2, 0.25) is 5.88 Å². The van der Waals surface area contributed by atoms with E-state index in [9.17, 15) is 0 Å². The van der Waals surface area contributed by atoms with E-state index in [1.54, 1.807) is 6.33 Å². The van der Waals surface area contributed by atoms with Crippen LogP contribution in [-0.4, -0.2) is 29.2 Å². The summed E-state index contributed by atoms with van der Waals surface area (Å²) in [5.41, 5.74) is 0. The number of hydrogen-bond donors (Lipinski definition) is 0. The molecule has 0 aromatic carbocycles. The quantitative estimate of drug-likeness (QED) is 0.756. The third-order valence-corrected chi connectivity index (χ3v) is 3.01. The van der Waals surface area contributed by atoms with Gasteiger partial charge in [-0.15, -0.1) is 0 Å². The highest BCUT2D eigenvalue weighted by molar-refractivity contribution is 5.45. The Morgan fingerprint density at radius 2 is 2.27 bits per heavy atom. The summed E-state index contributed by atoms with van der Waals surface area (Å²) in [6.45, 7) is 8.14. The Labute approximate surface area is 90.3 Å². The van der Waals surface area contributed by atoms with Crippen molar-refractivity contribution in [1.82, 2.24) is 9.97 Å². The van der Waals surface area contributed by atoms with Crippen molar-refractivity contribution in [1.29, 1.82) is 0 Å². The van der Waals surface area contributed by atoms with Gasteiger partial charge < -0.3 is 9.64 Å². The first-order valence-electron chi connectivity index (χ1n) is 5.44. The highest BCUT2D eigenvalue weighted by Crippen LogP contribution is 2.29. The Bertz CT molecular complexity index is 342. The normalized spacial score (nSPS) is 24.9. The van der Waals surface area contributed by atoms with Gasteiger partial charge in [0.1, 0.15) is 12.1 Å². The summed E-state index contributed by atoms with van der Waals surface area (Å²) >= 11 is 0. The van der Waals surface area contributed by atoms with Gasteiger partial charge in [-0.3, -0.25) is 0 Å². The molecular weight excluding hydrogens is 190 g/mol. The van der Waals surface area contributed by atoms with E-state index < -0.39 is 0 Å². The molecule has 1 aromatic heterocycles. The molecule has 0 spiro atoms. The van der Waals surface area contributed by atoms with Crippen LogP contribution in [0.3, 0.4) is 0 Å². The number of aromatic nitrogens is 2. The SMILES string of the molecule is CCOc1cc(N2C[C@H](C)[C@H]2C)ncn1. The van der Waals surface area contributed by atoms with Gasteiger partial charge in [0.25, 0.3) is 0 Å². The van der Waals surface area contributed by atoms with E-state index in [4.69, 9.17) is 4.74 Å². The van der Waals surface area contributed by atoms with Gasteiger partial charge in [-0.1, -0.05) is 6.92 Å². The number of nitrogens with zero attached hydrogens (tertiary/aromatic N) is 3. The van der Waals surface area contributed by atoms with Crippen LogP contribution in [0.25, 0.3) is 0 Å². The highest BCUT2D eigenvalue weighted by atomic mass is 16.5. The largest absolute Gasteiger partial charge is 0.478 e. The summed E-state index contributed by atoms with van der Waals surface area (Å²) in [6, 6.07) is 2.47. The molecule has 4 heteroatoms. The van der Waals surface area contributed by atoms with Crippen LogP contribution in [0.4, 0.5) is 5.82 Å². The molecule has 4 nitrogen and oxygen atoms in total. The third-order valence-electron chi connectivity index (χ3n) is 3.01. The molecule has 1 aliphatic rings. The van der Waals surface area contributed by atoms with E-state index in [2.05, 4.69) is 28.7 Å². The fourth-order valence-electron chi connectivity index (χ4n) is 1.81. The van der Waals surface area contributed by atoms with Gasteiger partial charge in [-0.2, -0.15) is 0 Å². The Balaban J connectivity index is 2.12. The molecule has 1 aromatic rings. The molecule has 1 saturated heterocycles. The fourth-order valence-corrected chi connectivity index (χ4v) is 1.81. The molecule has 0 aliphatic carbocycles. The lowest BCUT2D eigenvalue weighted by Crippen LogP contribution is -2.53. The van der Waals surface area contributed by atoms with E-state index in [0.29, 0.717) is 18.5 Å². The Kier molecular flexibility index (Phi) is 2.75. The zero-order chi connectivity index (χ0) is 10.8. The predicted molar refractivity (Wildman–Crippen MR) is 59.2 cm³/mol. The van der Waals surface area contributed by atoms with Gasteiger partial charge in [-0.25, -0.2) is 9.97 Å². The molecular formula is C11H17N3O. The second-order valence-corrected chi connectivity index (χ2v) is 4.02. The maximum atomic E-state index is 5.35. The Hall–Kier alpha value is -1.32. The van der Waals surface area contributed by atoms with Crippen LogP contribution in [-0.2, 0) is 0 Å². The van der Waals surface area contributed by atoms with Crippen molar-refractivity contribution in [2.24, 2.45) is 5.92 Å². The molecule has 0 radical (unpaired) electrons. The van der Waals surface area contributed by atoms with Crippen molar-refractivity contribution < 1.29 is 4.74 Å². The molecule has 82 valence electrons. The third kappa shape index (κ3) is 1.89. The molecule has 2 rings (SSSR count). The first kappa shape index (κ1) is 10.2. The van der Waals surface area contributed by atoms with Crippen LogP contribution in [0.1, 0.15) is 20.8 Å². The van der Waals surface area contributed by atoms with Crippen LogP contribution < -0.4 is 9.64 Å². The van der Waals surface area contributed by atoms with Crippen LogP contribution >= 0.6 is 0 Å². The number of rotatable bonds is 3. The van der Waals surface area contributed by atoms with Crippen molar-refractivity contribution in [3.8, 4) is 5.88 Å². The number of hydrogen-bond acceptors (Lipinski definition) is 4. The van der Waals surface area contributed by atoms with Gasteiger partial charge in [0.15, 0.2) is 0 Å². The molecule has 1 fully saturated rings. The average Bonchev–Trinajstić information content (AvgIpc) is 2.26. The molecule has 2 atom stereocenters. The zero-order valence-electron chi connectivity index (χ0n) is 9.47. The molecule has 15 heavy (non-hydrogen) atoms. The molecule has 0 amide bonds. The van der Waals surface area contributed by atoms with Crippen LogP contribution in [0.2, 0.25) is 0 Å². The minimum atomic E-state index is 0.564. The lowest BCUT2D eigenvalue weighted by atomic mass is 9.92. The minimum Gasteiger partial charge on any atom is -0.478 e. The summed E-state index contributed by atoms with van der Waals surface area (Å²) in [5.74, 6) is 2.38. The maximum absolute atomic E-state index is 5.35. The predicted octanol–water partition coefficient (Wildman–Crippen LogP) is 1.72. The minimum absolute atomic E-state index is 0.564. The first-order chi connectivity index (χ1) is 7.22. The van der Waals surface area contributed by atoms with Crippen molar-refractivity contribution in [3.05, 3.63) is 12.4 Å². The number of anilines is 1. The Morgan fingerprint density at radius 1 is 1.47 bits per heavy atom. The van der Waals surface area contributed by atoms with Crippen LogP contribution in [0, 0.1) is 5.92 Å². The van der Waals surface area contributed by atoms with Crippen molar-refractivity contribution in [2.75, 3.05) is 18.1 Å². The molecule has 1 aliphatic heterocycles. The van der Waals surface area contributed by atoms with Crippen molar-refractivity contribution in [2.45, 2.75) is 26.8 Å². The number of ether oxygens (including phenoxy) is 1. The molecule has 2 heterocycles. The summed E-state index contributed by atoms with van der Waals surface area (Å²) in [5, 5.41) is 0. The lowest BCUT2D eigenvalue weighted by molar-refractivity contribution is 0.320. The molecule has 0 bridgehead atoms. The van der Waals surface area contributed by atoms with Crippen LogP contribution in [0.5, 0.6) is 5.88 Å². The average molecular weight is 207 g/mol. The molecule has 0 unspecified atom stereocenters. The fraction of sp³-hybridized carbons (Fsp3) is 0.636. The lowest BCUT2D eigenvalue weighted by Gasteiger charge is -2.45. The molecule has 0 N–H and O–H groups in total. The highest BCUT2D eigenvalue weighted by Gasteiger charge is 2.32. The van der Waals surface area contributed by atoms with E-state index in [0.717, 1.165) is 18.3 Å². The van der Waals surface area contributed by atoms with Gasteiger partial charge in [0, 0.05) is 18.7 Å². The first-order valence-corrected chi connectivity index (χ1v) is 5.44. The van der Waals surface area contributed by atoms with Crippen molar-refractivity contribution in [3.63, 3.8) is 0 Å². The van der Waals surface area contributed by atoms with Gasteiger partial charge >= 0.3 is 0 Å². The monoisotopic (exact) mass is 207 g/mol. The topological polar surface area (TPSA) is 38.2 Å². The van der Waals surface area contributed by atoms with E-state index in [-0.39, 0.29) is 0 Å². The van der Waals surface area contributed by atoms with E-state index in [1.165, 1.54) is 0 Å². The maximum Gasteiger partial charge on any atom is 0.218 e. The van der Waals surface area contributed by atoms with Crippen molar-refractivity contribution >= 4 is 5.82 Å². The van der Waals surface area contributed by atoms with Crippen LogP contribution in [0.15, 0.2) is 12.4 Å².